The van der Waals surface area contributed by atoms with Crippen LogP contribution in [0.5, 0.6) is 0 Å². The summed E-state index contributed by atoms with van der Waals surface area (Å²) in [5.41, 5.74) is 1.84. The van der Waals surface area contributed by atoms with E-state index in [9.17, 15) is 0 Å². The maximum Gasteiger partial charge on any atom is 0.125 e. The van der Waals surface area contributed by atoms with Gasteiger partial charge in [0.15, 0.2) is 0 Å². The van der Waals surface area contributed by atoms with Crippen molar-refractivity contribution in [1.82, 2.24) is 9.55 Å². The van der Waals surface area contributed by atoms with Crippen LogP contribution in [0, 0.1) is 0 Å². The highest BCUT2D eigenvalue weighted by atomic mass is 35.5. The molecule has 0 radical (unpaired) electrons. The van der Waals surface area contributed by atoms with Gasteiger partial charge in [0.2, 0.25) is 0 Å². The van der Waals surface area contributed by atoms with E-state index in [0.717, 1.165) is 36.1 Å². The highest BCUT2D eigenvalue weighted by molar-refractivity contribution is 6.42. The summed E-state index contributed by atoms with van der Waals surface area (Å²) in [6.07, 6.45) is 3.41. The fraction of sp³-hybridized carbons (Fsp3) is 0.500. The molecule has 20 heavy (non-hydrogen) atoms. The fourth-order valence-electron chi connectivity index (χ4n) is 3.01. The van der Waals surface area contributed by atoms with E-state index >= 15 is 0 Å². The average Bonchev–Trinajstić information content (AvgIpc) is 3.03. The van der Waals surface area contributed by atoms with Crippen LogP contribution >= 0.6 is 34.8 Å². The lowest BCUT2D eigenvalue weighted by Crippen LogP contribution is -2.11. The van der Waals surface area contributed by atoms with Gasteiger partial charge in [0.05, 0.1) is 33.1 Å². The lowest BCUT2D eigenvalue weighted by atomic mass is 10.2. The number of imidazole rings is 1. The van der Waals surface area contributed by atoms with Crippen LogP contribution in [0.25, 0.3) is 11.0 Å². The predicted octanol–water partition coefficient (Wildman–Crippen LogP) is 4.82. The summed E-state index contributed by atoms with van der Waals surface area (Å²) in [6, 6.07) is 4.03. The molecule has 1 aliphatic rings. The van der Waals surface area contributed by atoms with Crippen LogP contribution in [0.2, 0.25) is 10.0 Å². The quantitative estimate of drug-likeness (QED) is 0.753. The first-order valence-corrected chi connectivity index (χ1v) is 7.87. The van der Waals surface area contributed by atoms with Crippen molar-refractivity contribution in [2.45, 2.75) is 37.3 Å². The lowest BCUT2D eigenvalue weighted by molar-refractivity contribution is 0.106. The number of ether oxygens (including phenoxy) is 1. The van der Waals surface area contributed by atoms with Crippen LogP contribution in [0.4, 0.5) is 0 Å². The molecule has 1 heterocycles. The van der Waals surface area contributed by atoms with Gasteiger partial charge < -0.3 is 9.30 Å². The standard InChI is InChI=1S/C14H15Cl3N2O/c1-20-9-3-2-8(4-9)19-13-6-11(17)10(16)5-12(13)18-14(19)7-15/h5-6,8-9H,2-4,7H2,1H3. The Morgan fingerprint density at radius 3 is 2.70 bits per heavy atom. The van der Waals surface area contributed by atoms with Gasteiger partial charge in [-0.2, -0.15) is 0 Å². The Kier molecular flexibility index (Phi) is 4.14. The first-order chi connectivity index (χ1) is 9.63. The molecular formula is C14H15Cl3N2O. The van der Waals surface area contributed by atoms with E-state index in [1.54, 1.807) is 13.2 Å². The molecular weight excluding hydrogens is 319 g/mol. The summed E-state index contributed by atoms with van der Waals surface area (Å²) in [6.45, 7) is 0. The third kappa shape index (κ3) is 2.41. The molecule has 3 rings (SSSR count). The number of halogens is 3. The molecule has 0 bridgehead atoms. The second-order valence-electron chi connectivity index (χ2n) is 5.11. The third-order valence-electron chi connectivity index (χ3n) is 3.98. The number of alkyl halides is 1. The maximum atomic E-state index is 6.14. The number of aromatic nitrogens is 2. The van der Waals surface area contributed by atoms with Crippen molar-refractivity contribution >= 4 is 45.8 Å². The van der Waals surface area contributed by atoms with Gasteiger partial charge in [0.1, 0.15) is 5.82 Å². The number of methoxy groups -OCH3 is 1. The summed E-state index contributed by atoms with van der Waals surface area (Å²) < 4.78 is 7.65. The predicted molar refractivity (Wildman–Crippen MR) is 83.0 cm³/mol. The Morgan fingerprint density at radius 1 is 1.30 bits per heavy atom. The summed E-state index contributed by atoms with van der Waals surface area (Å²) in [7, 11) is 1.76. The maximum absolute atomic E-state index is 6.14. The van der Waals surface area contributed by atoms with Crippen molar-refractivity contribution in [3.63, 3.8) is 0 Å². The minimum absolute atomic E-state index is 0.309. The Morgan fingerprint density at radius 2 is 2.05 bits per heavy atom. The second kappa shape index (κ2) is 5.72. The Balaban J connectivity index is 2.11. The van der Waals surface area contributed by atoms with Crippen molar-refractivity contribution < 1.29 is 4.74 Å². The van der Waals surface area contributed by atoms with E-state index in [4.69, 9.17) is 39.5 Å². The molecule has 6 heteroatoms. The van der Waals surface area contributed by atoms with Crippen molar-refractivity contribution in [3.05, 3.63) is 28.0 Å². The summed E-state index contributed by atoms with van der Waals surface area (Å²) >= 11 is 18.3. The lowest BCUT2D eigenvalue weighted by Gasteiger charge is -2.16. The van der Waals surface area contributed by atoms with Crippen LogP contribution < -0.4 is 0 Å². The van der Waals surface area contributed by atoms with E-state index in [1.807, 2.05) is 6.07 Å². The fourth-order valence-corrected chi connectivity index (χ4v) is 3.51. The van der Waals surface area contributed by atoms with E-state index in [2.05, 4.69) is 9.55 Å². The first kappa shape index (κ1) is 14.5. The second-order valence-corrected chi connectivity index (χ2v) is 6.19. The van der Waals surface area contributed by atoms with Crippen molar-refractivity contribution in [1.29, 1.82) is 0 Å². The van der Waals surface area contributed by atoms with Crippen LogP contribution in [0.15, 0.2) is 12.1 Å². The van der Waals surface area contributed by atoms with E-state index in [-0.39, 0.29) is 0 Å². The molecule has 0 N–H and O–H groups in total. The minimum atomic E-state index is 0.309. The van der Waals surface area contributed by atoms with Crippen LogP contribution in [0.3, 0.4) is 0 Å². The molecule has 1 aliphatic carbocycles. The molecule has 0 amide bonds. The van der Waals surface area contributed by atoms with Gasteiger partial charge >= 0.3 is 0 Å². The Bertz CT molecular complexity index is 641. The summed E-state index contributed by atoms with van der Waals surface area (Å²) in [5, 5.41) is 1.06. The largest absolute Gasteiger partial charge is 0.381 e. The van der Waals surface area contributed by atoms with E-state index in [0.29, 0.717) is 28.1 Å². The highest BCUT2D eigenvalue weighted by Crippen LogP contribution is 2.37. The highest BCUT2D eigenvalue weighted by Gasteiger charge is 2.28. The SMILES string of the molecule is COC1CCC(n2c(CCl)nc3cc(Cl)c(Cl)cc32)C1. The number of nitrogens with zero attached hydrogens (tertiary/aromatic N) is 2. The molecule has 2 aromatic rings. The van der Waals surface area contributed by atoms with Crippen LogP contribution in [-0.2, 0) is 10.6 Å². The number of hydrogen-bond acceptors (Lipinski definition) is 2. The molecule has 2 unspecified atom stereocenters. The first-order valence-electron chi connectivity index (χ1n) is 6.58. The monoisotopic (exact) mass is 332 g/mol. The molecule has 1 saturated carbocycles. The van der Waals surface area contributed by atoms with E-state index < -0.39 is 0 Å². The van der Waals surface area contributed by atoms with Gasteiger partial charge in [-0.15, -0.1) is 11.6 Å². The summed E-state index contributed by atoms with van der Waals surface area (Å²) in [4.78, 5) is 4.58. The zero-order valence-electron chi connectivity index (χ0n) is 11.1. The molecule has 3 nitrogen and oxygen atoms in total. The van der Waals surface area contributed by atoms with Crippen LogP contribution in [0.1, 0.15) is 31.1 Å². The molecule has 1 fully saturated rings. The Hall–Kier alpha value is -0.480. The summed E-state index contributed by atoms with van der Waals surface area (Å²) in [5.74, 6) is 1.24. The number of hydrogen-bond donors (Lipinski definition) is 0. The topological polar surface area (TPSA) is 27.1 Å². The molecule has 108 valence electrons. The normalized spacial score (nSPS) is 22.8. The van der Waals surface area contributed by atoms with E-state index in [1.165, 1.54) is 0 Å². The smallest absolute Gasteiger partial charge is 0.125 e. The van der Waals surface area contributed by atoms with Crippen LogP contribution in [-0.4, -0.2) is 22.8 Å². The number of fused-ring (bicyclic) bond motifs is 1. The third-order valence-corrected chi connectivity index (χ3v) is 4.94. The zero-order chi connectivity index (χ0) is 14.3. The number of benzene rings is 1. The van der Waals surface area contributed by atoms with Gasteiger partial charge in [-0.1, -0.05) is 23.2 Å². The van der Waals surface area contributed by atoms with Crippen molar-refractivity contribution in [2.75, 3.05) is 7.11 Å². The molecule has 0 spiro atoms. The molecule has 0 saturated heterocycles. The van der Waals surface area contributed by atoms with Gasteiger partial charge in [0.25, 0.3) is 0 Å². The van der Waals surface area contributed by atoms with Crippen molar-refractivity contribution in [2.24, 2.45) is 0 Å². The zero-order valence-corrected chi connectivity index (χ0v) is 13.3. The number of rotatable bonds is 3. The molecule has 1 aromatic heterocycles. The molecule has 0 aliphatic heterocycles. The molecule has 1 aromatic carbocycles. The van der Waals surface area contributed by atoms with Crippen molar-refractivity contribution in [3.8, 4) is 0 Å². The minimum Gasteiger partial charge on any atom is -0.381 e. The molecule has 2 atom stereocenters. The van der Waals surface area contributed by atoms with Gasteiger partial charge in [-0.25, -0.2) is 4.98 Å². The van der Waals surface area contributed by atoms with Gasteiger partial charge in [-0.05, 0) is 31.4 Å². The van der Waals surface area contributed by atoms with Gasteiger partial charge in [0, 0.05) is 13.2 Å². The van der Waals surface area contributed by atoms with Gasteiger partial charge in [-0.3, -0.25) is 0 Å². The Labute approximate surface area is 132 Å². The average molecular weight is 334 g/mol.